The van der Waals surface area contributed by atoms with Crippen molar-refractivity contribution in [2.75, 3.05) is 0 Å². The molecule has 2 heterocycles. The Balaban J connectivity index is 0.000000296. The molecule has 0 aromatic carbocycles. The van der Waals surface area contributed by atoms with E-state index in [2.05, 4.69) is 22.1 Å². The number of nitrogens with zero attached hydrogens (tertiary/aromatic N) is 2. The summed E-state index contributed by atoms with van der Waals surface area (Å²) in [6.07, 6.45) is 7.42. The number of aryl methyl sites for hydroxylation is 4. The molecule has 2 nitrogen and oxygen atoms in total. The average molecular weight is 551 g/mol. The van der Waals surface area contributed by atoms with Gasteiger partial charge in [-0.1, -0.05) is 12.1 Å². The van der Waals surface area contributed by atoms with Crippen LogP contribution in [0.3, 0.4) is 0 Å². The Morgan fingerprint density at radius 1 is 0.619 bits per heavy atom. The van der Waals surface area contributed by atoms with E-state index >= 15 is 0 Å². The molecule has 0 bridgehead atoms. The van der Waals surface area contributed by atoms with Gasteiger partial charge in [0.15, 0.2) is 0 Å². The van der Waals surface area contributed by atoms with Crippen LogP contribution in [0.2, 0.25) is 0 Å². The predicted molar refractivity (Wildman–Crippen MR) is 90.8 cm³/mol. The molecule has 7 heteroatoms. The average Bonchev–Trinajstić information content (AvgIpc) is 2.26. The Morgan fingerprint density at radius 2 is 0.810 bits per heavy atom. The Hall–Kier alpha value is 0.148. The van der Waals surface area contributed by atoms with Gasteiger partial charge >= 0.3 is 49.6 Å². The summed E-state index contributed by atoms with van der Waals surface area (Å²) >= 11 is -3.06. The van der Waals surface area contributed by atoms with E-state index in [1.165, 1.54) is 22.3 Å². The van der Waals surface area contributed by atoms with Crippen molar-refractivity contribution in [2.45, 2.75) is 27.7 Å². The second-order valence-electron chi connectivity index (χ2n) is 4.35. The van der Waals surface area contributed by atoms with E-state index in [4.69, 9.17) is 37.7 Å². The summed E-state index contributed by atoms with van der Waals surface area (Å²) in [5.74, 6) is 0. The fourth-order valence-electron chi connectivity index (χ4n) is 1.41. The molecule has 0 amide bonds. The van der Waals surface area contributed by atoms with Crippen LogP contribution >= 0.6 is 37.7 Å². The number of hydrogen-bond donors (Lipinski definition) is 0. The standard InChI is InChI=1S/2C7H9N.4ClH.Pt/c2*1-6-3-7(2)5-8-4-6;;;;;/h2*3-5H,1-2H3;4*1H;/q;;;;;;+4/p-4. The first-order valence-electron chi connectivity index (χ1n) is 5.82. The van der Waals surface area contributed by atoms with Gasteiger partial charge in [-0.15, -0.1) is 0 Å². The fraction of sp³-hybridized carbons (Fsp3) is 0.286. The van der Waals surface area contributed by atoms with Crippen molar-refractivity contribution < 1.29 is 11.9 Å². The van der Waals surface area contributed by atoms with E-state index in [-0.39, 0.29) is 0 Å². The van der Waals surface area contributed by atoms with E-state index in [0.29, 0.717) is 0 Å². The van der Waals surface area contributed by atoms with Gasteiger partial charge in [-0.05, 0) is 49.9 Å². The third kappa shape index (κ3) is 16.3. The minimum absolute atomic E-state index is 1.23. The van der Waals surface area contributed by atoms with Gasteiger partial charge in [0.05, 0.1) is 0 Å². The normalized spacial score (nSPS) is 10.7. The topological polar surface area (TPSA) is 25.8 Å². The molecule has 0 fully saturated rings. The van der Waals surface area contributed by atoms with Crippen molar-refractivity contribution in [1.29, 1.82) is 0 Å². The number of rotatable bonds is 0. The van der Waals surface area contributed by atoms with Gasteiger partial charge in [-0.3, -0.25) is 9.97 Å². The molecule has 0 atom stereocenters. The molecule has 0 N–H and O–H groups in total. The van der Waals surface area contributed by atoms with Crippen LogP contribution in [0.4, 0.5) is 0 Å². The van der Waals surface area contributed by atoms with E-state index in [1.54, 1.807) is 0 Å². The molecule has 0 spiro atoms. The molecule has 0 unspecified atom stereocenters. The van der Waals surface area contributed by atoms with Crippen molar-refractivity contribution >= 4 is 37.7 Å². The predicted octanol–water partition coefficient (Wildman–Crippen LogP) is 6.15. The molecule has 2 aromatic rings. The Labute approximate surface area is 145 Å². The van der Waals surface area contributed by atoms with Crippen LogP contribution in [-0.2, 0) is 11.9 Å². The van der Waals surface area contributed by atoms with E-state index in [1.807, 2.05) is 52.5 Å². The fourth-order valence-corrected chi connectivity index (χ4v) is 1.41. The second-order valence-corrected chi connectivity index (χ2v) is 24.0. The molecule has 21 heavy (non-hydrogen) atoms. The molecule has 2 aromatic heterocycles. The molecule has 0 aliphatic rings. The summed E-state index contributed by atoms with van der Waals surface area (Å²) in [5.41, 5.74) is 4.91. The van der Waals surface area contributed by atoms with Gasteiger partial charge in [0.1, 0.15) is 0 Å². The molecule has 2 rings (SSSR count). The van der Waals surface area contributed by atoms with Crippen molar-refractivity contribution in [3.05, 3.63) is 59.2 Å². The van der Waals surface area contributed by atoms with Gasteiger partial charge in [-0.25, -0.2) is 0 Å². The summed E-state index contributed by atoms with van der Waals surface area (Å²) < 4.78 is 0. The van der Waals surface area contributed by atoms with E-state index < -0.39 is 11.9 Å². The van der Waals surface area contributed by atoms with Crippen LogP contribution in [0.25, 0.3) is 0 Å². The zero-order valence-electron chi connectivity index (χ0n) is 12.2. The van der Waals surface area contributed by atoms with Gasteiger partial charge in [0, 0.05) is 24.8 Å². The number of hydrogen-bond acceptors (Lipinski definition) is 2. The molecule has 0 saturated heterocycles. The van der Waals surface area contributed by atoms with Gasteiger partial charge in [0.2, 0.25) is 0 Å². The first-order chi connectivity index (χ1) is 9.58. The summed E-state index contributed by atoms with van der Waals surface area (Å²) in [7, 11) is 20.0. The first kappa shape index (κ1) is 21.1. The van der Waals surface area contributed by atoms with Crippen LogP contribution in [0.1, 0.15) is 22.3 Å². The van der Waals surface area contributed by atoms with Crippen molar-refractivity contribution in [2.24, 2.45) is 0 Å². The molecule has 0 aliphatic heterocycles. The Bertz CT molecular complexity index is 460. The van der Waals surface area contributed by atoms with Gasteiger partial charge in [-0.2, -0.15) is 0 Å². The van der Waals surface area contributed by atoms with Crippen molar-refractivity contribution in [1.82, 2.24) is 9.97 Å². The SMILES string of the molecule is Cc1cncc(C)c1.Cc1cncc(C)c1.[Cl][Pt]([Cl])([Cl])[Cl]. The third-order valence-electron chi connectivity index (χ3n) is 2.02. The molecular weight excluding hydrogens is 533 g/mol. The van der Waals surface area contributed by atoms with E-state index in [9.17, 15) is 0 Å². The Morgan fingerprint density at radius 3 is 0.905 bits per heavy atom. The van der Waals surface area contributed by atoms with Crippen molar-refractivity contribution in [3.63, 3.8) is 0 Å². The summed E-state index contributed by atoms with van der Waals surface area (Å²) in [6.45, 7) is 8.17. The quantitative estimate of drug-likeness (QED) is 0.393. The number of aromatic nitrogens is 2. The first-order valence-corrected chi connectivity index (χ1v) is 17.1. The van der Waals surface area contributed by atoms with Crippen LogP contribution in [0.15, 0.2) is 36.9 Å². The minimum atomic E-state index is -3.06. The van der Waals surface area contributed by atoms with Crippen LogP contribution in [0.5, 0.6) is 0 Å². The summed E-state index contributed by atoms with van der Waals surface area (Å²) in [6, 6.07) is 4.21. The number of pyridine rings is 2. The molecule has 0 saturated carbocycles. The zero-order valence-corrected chi connectivity index (χ0v) is 17.5. The number of halogens is 4. The molecular formula is C14H18Cl4N2Pt. The monoisotopic (exact) mass is 549 g/mol. The van der Waals surface area contributed by atoms with E-state index in [0.717, 1.165) is 0 Å². The third-order valence-corrected chi connectivity index (χ3v) is 2.02. The van der Waals surface area contributed by atoms with Crippen molar-refractivity contribution in [3.8, 4) is 0 Å². The van der Waals surface area contributed by atoms with Gasteiger partial charge < -0.3 is 0 Å². The second kappa shape index (κ2) is 10.8. The molecule has 122 valence electrons. The zero-order chi connectivity index (χ0) is 16.5. The molecule has 0 aliphatic carbocycles. The summed E-state index contributed by atoms with van der Waals surface area (Å²) in [4.78, 5) is 7.97. The Kier molecular flexibility index (Phi) is 10.9. The maximum absolute atomic E-state index is 5.01. The molecule has 0 radical (unpaired) electrons. The van der Waals surface area contributed by atoms with Crippen LogP contribution < -0.4 is 0 Å². The van der Waals surface area contributed by atoms with Crippen LogP contribution in [-0.4, -0.2) is 9.97 Å². The summed E-state index contributed by atoms with van der Waals surface area (Å²) in [5, 5.41) is 0. The maximum atomic E-state index is 5.01. The van der Waals surface area contributed by atoms with Crippen LogP contribution in [0, 0.1) is 27.7 Å². The van der Waals surface area contributed by atoms with Gasteiger partial charge in [0.25, 0.3) is 0 Å².